The lowest BCUT2D eigenvalue weighted by molar-refractivity contribution is -0.349. The van der Waals surface area contributed by atoms with Crippen molar-refractivity contribution in [3.8, 4) is 0 Å². The molecule has 10 nitrogen and oxygen atoms in total. The summed E-state index contributed by atoms with van der Waals surface area (Å²) < 4.78 is 17.7. The molecule has 3 saturated carbocycles. The SMILES string of the molecule is CC(=O)O[C@@]12CO[C@@H]1CC(O)[C@@]1(C)C(=O)C(=O)C3C(C)[C@@H](O)C[C@@](O)([C@@H](OC(=O)c4ccccc4)[C@H]21)C3(C)C. The Morgan fingerprint density at radius 3 is 2.28 bits per heavy atom. The average molecular weight is 545 g/mol. The number of ketones is 2. The molecule has 3 N–H and O–H groups in total. The number of carbonyl (C=O) groups excluding carboxylic acids is 4. The fourth-order valence-electron chi connectivity index (χ4n) is 7.95. The highest BCUT2D eigenvalue weighted by Crippen LogP contribution is 2.64. The number of rotatable bonds is 3. The summed E-state index contributed by atoms with van der Waals surface area (Å²) in [7, 11) is 0. The van der Waals surface area contributed by atoms with E-state index in [2.05, 4.69) is 0 Å². The third-order valence-corrected chi connectivity index (χ3v) is 10.2. The Kier molecular flexibility index (Phi) is 6.38. The number of aliphatic hydroxyl groups is 3. The van der Waals surface area contributed by atoms with Gasteiger partial charge in [-0.1, -0.05) is 39.0 Å². The molecule has 3 aliphatic carbocycles. The predicted molar refractivity (Wildman–Crippen MR) is 134 cm³/mol. The van der Waals surface area contributed by atoms with Crippen molar-refractivity contribution < 1.29 is 48.7 Å². The Morgan fingerprint density at radius 1 is 1.08 bits per heavy atom. The lowest BCUT2D eigenvalue weighted by Gasteiger charge is -2.67. The fraction of sp³-hybridized carbons (Fsp3) is 0.655. The van der Waals surface area contributed by atoms with Crippen LogP contribution in [0.1, 0.15) is 57.8 Å². The molecule has 1 aromatic rings. The first-order valence-electron chi connectivity index (χ1n) is 13.4. The molecule has 212 valence electrons. The van der Waals surface area contributed by atoms with Crippen LogP contribution in [0.4, 0.5) is 0 Å². The molecule has 0 spiro atoms. The van der Waals surface area contributed by atoms with E-state index < -0.39 is 87.7 Å². The first kappa shape index (κ1) is 27.9. The summed E-state index contributed by atoms with van der Waals surface area (Å²) in [6.07, 6.45) is -5.48. The highest BCUT2D eigenvalue weighted by molar-refractivity contribution is 6.40. The number of fused-ring (bicyclic) bond motifs is 5. The van der Waals surface area contributed by atoms with E-state index in [0.717, 1.165) is 0 Å². The third kappa shape index (κ3) is 3.61. The number of Topliss-reactive ketones (excluding diaryl/α,β-unsaturated/α-hetero) is 2. The second-order valence-corrected chi connectivity index (χ2v) is 12.5. The first-order valence-corrected chi connectivity index (χ1v) is 13.4. The lowest BCUT2D eigenvalue weighted by atomic mass is 9.42. The van der Waals surface area contributed by atoms with Crippen LogP contribution in [-0.4, -0.2) is 81.0 Å². The Bertz CT molecular complexity index is 1210. The minimum absolute atomic E-state index is 0.108. The van der Waals surface area contributed by atoms with Gasteiger partial charge in [-0.25, -0.2) is 4.79 Å². The van der Waals surface area contributed by atoms with Gasteiger partial charge in [0.1, 0.15) is 17.8 Å². The van der Waals surface area contributed by atoms with E-state index in [4.69, 9.17) is 14.2 Å². The summed E-state index contributed by atoms with van der Waals surface area (Å²) in [4.78, 5) is 54.2. The van der Waals surface area contributed by atoms with E-state index in [1.54, 1.807) is 39.0 Å². The fourth-order valence-corrected chi connectivity index (χ4v) is 7.95. The molecule has 1 heterocycles. The van der Waals surface area contributed by atoms with Crippen LogP contribution in [0.2, 0.25) is 0 Å². The predicted octanol–water partition coefficient (Wildman–Crippen LogP) is 1.23. The molecule has 39 heavy (non-hydrogen) atoms. The average Bonchev–Trinajstić information content (AvgIpc) is 2.87. The number of carbonyl (C=O) groups is 4. The van der Waals surface area contributed by atoms with E-state index in [1.165, 1.54) is 26.0 Å². The summed E-state index contributed by atoms with van der Waals surface area (Å²) in [6.45, 7) is 7.28. The van der Waals surface area contributed by atoms with E-state index in [-0.39, 0.29) is 25.0 Å². The summed E-state index contributed by atoms with van der Waals surface area (Å²) >= 11 is 0. The zero-order valence-corrected chi connectivity index (χ0v) is 22.7. The highest BCUT2D eigenvalue weighted by atomic mass is 16.6. The van der Waals surface area contributed by atoms with Gasteiger partial charge in [-0.05, 0) is 25.0 Å². The monoisotopic (exact) mass is 544 g/mol. The van der Waals surface area contributed by atoms with Crippen LogP contribution in [0.25, 0.3) is 0 Å². The van der Waals surface area contributed by atoms with Crippen molar-refractivity contribution in [2.75, 3.05) is 6.61 Å². The summed E-state index contributed by atoms with van der Waals surface area (Å²) in [5.74, 6) is -6.47. The van der Waals surface area contributed by atoms with Crippen LogP contribution < -0.4 is 0 Å². The molecule has 5 rings (SSSR count). The summed E-state index contributed by atoms with van der Waals surface area (Å²) in [6, 6.07) is 8.06. The molecule has 0 radical (unpaired) electrons. The lowest BCUT2D eigenvalue weighted by Crippen LogP contribution is -2.82. The number of aliphatic hydroxyl groups excluding tert-OH is 2. The van der Waals surface area contributed by atoms with Gasteiger partial charge in [0.05, 0.1) is 35.7 Å². The van der Waals surface area contributed by atoms with Gasteiger partial charge in [-0.2, -0.15) is 0 Å². The number of hydrogen-bond acceptors (Lipinski definition) is 10. The summed E-state index contributed by atoms with van der Waals surface area (Å²) in [5, 5.41) is 35.2. The highest BCUT2D eigenvalue weighted by Gasteiger charge is 2.78. The quantitative estimate of drug-likeness (QED) is 0.373. The zero-order valence-electron chi connectivity index (χ0n) is 22.7. The van der Waals surface area contributed by atoms with Crippen LogP contribution >= 0.6 is 0 Å². The van der Waals surface area contributed by atoms with Crippen molar-refractivity contribution >= 4 is 23.5 Å². The standard InChI is InChI=1S/C29H36O10/c1-14-17(31)12-29(36)24(38-25(35)16-9-7-6-8-10-16)22-27(5,23(34)21(33)20(14)26(29,3)4)18(32)11-19-28(22,13-37-19)39-15(2)30/h6-10,14,17-20,22,24,31-32,36H,11-13H2,1-5H3/t14?,17-,18?,19+,20?,22-,24-,27+,28-,29+/m0/s1. The number of benzene rings is 1. The van der Waals surface area contributed by atoms with Gasteiger partial charge in [0.2, 0.25) is 11.6 Å². The maximum Gasteiger partial charge on any atom is 0.338 e. The van der Waals surface area contributed by atoms with Crippen LogP contribution in [0, 0.1) is 28.6 Å². The second kappa shape index (κ2) is 8.92. The molecule has 10 heteroatoms. The zero-order chi connectivity index (χ0) is 28.7. The Hall–Kier alpha value is -2.66. The van der Waals surface area contributed by atoms with E-state index in [1.807, 2.05) is 0 Å². The molecule has 0 aromatic heterocycles. The van der Waals surface area contributed by atoms with E-state index >= 15 is 0 Å². The van der Waals surface area contributed by atoms with Crippen molar-refractivity contribution in [2.24, 2.45) is 28.6 Å². The molecule has 1 aromatic carbocycles. The minimum atomic E-state index is -2.07. The molecule has 4 fully saturated rings. The largest absolute Gasteiger partial charge is 0.455 e. The molecule has 0 amide bonds. The maximum atomic E-state index is 14.2. The number of ether oxygens (including phenoxy) is 3. The normalized spacial score (nSPS) is 44.6. The van der Waals surface area contributed by atoms with Gasteiger partial charge in [-0.15, -0.1) is 0 Å². The van der Waals surface area contributed by atoms with Crippen molar-refractivity contribution in [1.29, 1.82) is 0 Å². The molecular formula is C29H36O10. The maximum absolute atomic E-state index is 14.2. The van der Waals surface area contributed by atoms with E-state index in [9.17, 15) is 34.5 Å². The van der Waals surface area contributed by atoms with Crippen LogP contribution in [0.3, 0.4) is 0 Å². The summed E-state index contributed by atoms with van der Waals surface area (Å²) in [5.41, 5.74) is -6.75. The molecule has 4 aliphatic rings. The Balaban J connectivity index is 1.80. The van der Waals surface area contributed by atoms with Gasteiger partial charge in [0.15, 0.2) is 5.60 Å². The van der Waals surface area contributed by atoms with Crippen LogP contribution in [0.5, 0.6) is 0 Å². The minimum Gasteiger partial charge on any atom is -0.455 e. The molecule has 10 atom stereocenters. The van der Waals surface area contributed by atoms with Gasteiger partial charge < -0.3 is 29.5 Å². The Labute approximate surface area is 226 Å². The molecule has 2 bridgehead atoms. The van der Waals surface area contributed by atoms with Gasteiger partial charge in [0.25, 0.3) is 0 Å². The second-order valence-electron chi connectivity index (χ2n) is 12.5. The van der Waals surface area contributed by atoms with Crippen molar-refractivity contribution in [3.05, 3.63) is 35.9 Å². The van der Waals surface area contributed by atoms with Crippen LogP contribution in [0.15, 0.2) is 30.3 Å². The first-order chi connectivity index (χ1) is 18.1. The van der Waals surface area contributed by atoms with Crippen molar-refractivity contribution in [2.45, 2.75) is 83.1 Å². The van der Waals surface area contributed by atoms with Gasteiger partial charge in [0, 0.05) is 31.1 Å². The van der Waals surface area contributed by atoms with E-state index in [0.29, 0.717) is 0 Å². The topological polar surface area (TPSA) is 157 Å². The van der Waals surface area contributed by atoms with Gasteiger partial charge >= 0.3 is 11.9 Å². The van der Waals surface area contributed by atoms with Crippen molar-refractivity contribution in [3.63, 3.8) is 0 Å². The van der Waals surface area contributed by atoms with Crippen molar-refractivity contribution in [1.82, 2.24) is 0 Å². The number of esters is 2. The molecular weight excluding hydrogens is 508 g/mol. The molecule has 1 saturated heterocycles. The molecule has 1 aliphatic heterocycles. The number of hydrogen-bond donors (Lipinski definition) is 3. The van der Waals surface area contributed by atoms with Crippen LogP contribution in [-0.2, 0) is 28.6 Å². The Morgan fingerprint density at radius 2 is 1.72 bits per heavy atom. The third-order valence-electron chi connectivity index (χ3n) is 10.2. The molecule has 3 unspecified atom stereocenters. The smallest absolute Gasteiger partial charge is 0.338 e. The van der Waals surface area contributed by atoms with Gasteiger partial charge in [-0.3, -0.25) is 14.4 Å².